The van der Waals surface area contributed by atoms with Crippen molar-refractivity contribution in [3.63, 3.8) is 0 Å². The molecule has 25 heavy (non-hydrogen) atoms. The molecule has 0 saturated carbocycles. The van der Waals surface area contributed by atoms with Crippen LogP contribution in [0.5, 0.6) is 11.5 Å². The largest absolute Gasteiger partial charge is 0.497 e. The average Bonchev–Trinajstić information content (AvgIpc) is 2.65. The van der Waals surface area contributed by atoms with Crippen molar-refractivity contribution in [2.75, 3.05) is 7.11 Å². The fourth-order valence-electron chi connectivity index (χ4n) is 2.30. The molecule has 0 amide bonds. The van der Waals surface area contributed by atoms with E-state index in [0.29, 0.717) is 11.6 Å². The molecule has 0 saturated heterocycles. The fraction of sp³-hybridized carbons (Fsp3) is 0.0952. The summed E-state index contributed by atoms with van der Waals surface area (Å²) in [6, 6.07) is 23.1. The lowest BCUT2D eigenvalue weighted by Crippen LogP contribution is -1.95. The molecule has 3 nitrogen and oxygen atoms in total. The highest BCUT2D eigenvalue weighted by atomic mass is 35.5. The van der Waals surface area contributed by atoms with Crippen LogP contribution < -0.4 is 9.47 Å². The maximum absolute atomic E-state index is 5.99. The Hall–Kier alpha value is -2.78. The maximum atomic E-state index is 5.99. The molecule has 0 unspecified atom stereocenters. The Kier molecular flexibility index (Phi) is 5.70. The van der Waals surface area contributed by atoms with Gasteiger partial charge in [0.25, 0.3) is 0 Å². The molecular formula is C21H18ClNO2. The number of hydrogen-bond donors (Lipinski definition) is 0. The Morgan fingerprint density at radius 2 is 1.72 bits per heavy atom. The highest BCUT2D eigenvalue weighted by Crippen LogP contribution is 2.19. The molecule has 3 rings (SSSR count). The molecule has 0 aliphatic carbocycles. The molecule has 3 aromatic carbocycles. The highest BCUT2D eigenvalue weighted by molar-refractivity contribution is 6.30. The van der Waals surface area contributed by atoms with E-state index in [-0.39, 0.29) is 0 Å². The van der Waals surface area contributed by atoms with Crippen LogP contribution in [0.2, 0.25) is 5.02 Å². The van der Waals surface area contributed by atoms with Gasteiger partial charge < -0.3 is 9.47 Å². The number of rotatable bonds is 6. The van der Waals surface area contributed by atoms with Crippen LogP contribution in [0.25, 0.3) is 0 Å². The summed E-state index contributed by atoms with van der Waals surface area (Å²) < 4.78 is 11.0. The predicted octanol–water partition coefficient (Wildman–Crippen LogP) is 5.68. The third kappa shape index (κ3) is 5.10. The van der Waals surface area contributed by atoms with Gasteiger partial charge in [-0.2, -0.15) is 0 Å². The summed E-state index contributed by atoms with van der Waals surface area (Å²) in [5.41, 5.74) is 2.87. The highest BCUT2D eigenvalue weighted by Gasteiger charge is 1.99. The van der Waals surface area contributed by atoms with E-state index in [4.69, 9.17) is 21.1 Å². The van der Waals surface area contributed by atoms with Crippen molar-refractivity contribution in [3.05, 3.63) is 88.9 Å². The zero-order chi connectivity index (χ0) is 17.5. The lowest BCUT2D eigenvalue weighted by molar-refractivity contribution is 0.306. The smallest absolute Gasteiger partial charge is 0.120 e. The summed E-state index contributed by atoms with van der Waals surface area (Å²) in [4.78, 5) is 4.47. The van der Waals surface area contributed by atoms with Gasteiger partial charge in [-0.15, -0.1) is 0 Å². The molecule has 0 aromatic heterocycles. The summed E-state index contributed by atoms with van der Waals surface area (Å²) in [6.45, 7) is 0.472. The number of halogens is 1. The summed E-state index contributed by atoms with van der Waals surface area (Å²) in [5, 5.41) is 0.710. The Bertz CT molecular complexity index is 860. The van der Waals surface area contributed by atoms with Crippen molar-refractivity contribution in [1.82, 2.24) is 0 Å². The number of aliphatic imine (C=N–C) groups is 1. The van der Waals surface area contributed by atoms with Crippen LogP contribution in [0.4, 0.5) is 5.69 Å². The lowest BCUT2D eigenvalue weighted by Gasteiger charge is -2.07. The molecule has 0 fully saturated rings. The van der Waals surface area contributed by atoms with Gasteiger partial charge in [-0.25, -0.2) is 0 Å². The molecule has 0 aliphatic rings. The number of hydrogen-bond acceptors (Lipinski definition) is 3. The first-order chi connectivity index (χ1) is 12.2. The van der Waals surface area contributed by atoms with Crippen molar-refractivity contribution in [3.8, 4) is 11.5 Å². The summed E-state index contributed by atoms with van der Waals surface area (Å²) in [7, 11) is 1.65. The van der Waals surface area contributed by atoms with E-state index in [1.165, 1.54) is 0 Å². The van der Waals surface area contributed by atoms with Crippen molar-refractivity contribution >= 4 is 23.5 Å². The van der Waals surface area contributed by atoms with E-state index in [1.807, 2.05) is 79.0 Å². The lowest BCUT2D eigenvalue weighted by atomic mass is 10.2. The minimum absolute atomic E-state index is 0.472. The molecule has 0 radical (unpaired) electrons. The number of benzene rings is 3. The maximum Gasteiger partial charge on any atom is 0.120 e. The predicted molar refractivity (Wildman–Crippen MR) is 102 cm³/mol. The minimum Gasteiger partial charge on any atom is -0.497 e. The van der Waals surface area contributed by atoms with Gasteiger partial charge in [0.15, 0.2) is 0 Å². The molecule has 0 atom stereocenters. The van der Waals surface area contributed by atoms with Gasteiger partial charge in [0.2, 0.25) is 0 Å². The zero-order valence-corrected chi connectivity index (χ0v) is 14.6. The first-order valence-corrected chi connectivity index (χ1v) is 8.26. The third-order valence-electron chi connectivity index (χ3n) is 3.59. The van der Waals surface area contributed by atoms with Crippen LogP contribution in [0.15, 0.2) is 77.8 Å². The SMILES string of the molecule is COc1ccc(N=Cc2cccc(OCc3cccc(Cl)c3)c2)cc1. The average molecular weight is 352 g/mol. The van der Waals surface area contributed by atoms with E-state index in [0.717, 1.165) is 28.3 Å². The second-order valence-electron chi connectivity index (χ2n) is 5.45. The van der Waals surface area contributed by atoms with Gasteiger partial charge in [0.05, 0.1) is 12.8 Å². The molecule has 0 heterocycles. The van der Waals surface area contributed by atoms with Gasteiger partial charge in [-0.3, -0.25) is 4.99 Å². The van der Waals surface area contributed by atoms with Gasteiger partial charge in [-0.05, 0) is 59.7 Å². The number of methoxy groups -OCH3 is 1. The Morgan fingerprint density at radius 1 is 0.920 bits per heavy atom. The van der Waals surface area contributed by atoms with Gasteiger partial charge >= 0.3 is 0 Å². The monoisotopic (exact) mass is 351 g/mol. The van der Waals surface area contributed by atoms with Gasteiger partial charge in [0, 0.05) is 11.2 Å². The molecular weight excluding hydrogens is 334 g/mol. The van der Waals surface area contributed by atoms with Crippen LogP contribution in [0.3, 0.4) is 0 Å². The van der Waals surface area contributed by atoms with Crippen LogP contribution in [-0.2, 0) is 6.61 Å². The number of ether oxygens (including phenoxy) is 2. The zero-order valence-electron chi connectivity index (χ0n) is 13.9. The third-order valence-corrected chi connectivity index (χ3v) is 3.82. The van der Waals surface area contributed by atoms with Crippen LogP contribution >= 0.6 is 11.6 Å². The molecule has 0 spiro atoms. The first kappa shape index (κ1) is 17.1. The summed E-state index contributed by atoms with van der Waals surface area (Å²) >= 11 is 5.99. The van der Waals surface area contributed by atoms with Crippen molar-refractivity contribution < 1.29 is 9.47 Å². The van der Waals surface area contributed by atoms with Crippen molar-refractivity contribution in [1.29, 1.82) is 0 Å². The molecule has 0 bridgehead atoms. The van der Waals surface area contributed by atoms with Crippen molar-refractivity contribution in [2.45, 2.75) is 6.61 Å². The Morgan fingerprint density at radius 3 is 2.48 bits per heavy atom. The van der Waals surface area contributed by atoms with Gasteiger partial charge in [0.1, 0.15) is 18.1 Å². The van der Waals surface area contributed by atoms with E-state index >= 15 is 0 Å². The van der Waals surface area contributed by atoms with Gasteiger partial charge in [-0.1, -0.05) is 35.9 Å². The van der Waals surface area contributed by atoms with E-state index in [1.54, 1.807) is 7.11 Å². The quantitative estimate of drug-likeness (QED) is 0.535. The topological polar surface area (TPSA) is 30.8 Å². The molecule has 3 aromatic rings. The van der Waals surface area contributed by atoms with E-state index in [9.17, 15) is 0 Å². The molecule has 4 heteroatoms. The molecule has 0 N–H and O–H groups in total. The summed E-state index contributed by atoms with van der Waals surface area (Å²) in [6.07, 6.45) is 1.81. The minimum atomic E-state index is 0.472. The second kappa shape index (κ2) is 8.36. The fourth-order valence-corrected chi connectivity index (χ4v) is 2.51. The standard InChI is InChI=1S/C21H18ClNO2/c1-24-20-10-8-19(9-11-20)23-14-16-4-3-7-21(13-16)25-15-17-5-2-6-18(22)12-17/h2-14H,15H2,1H3. The number of nitrogens with zero attached hydrogens (tertiary/aromatic N) is 1. The Labute approximate surface area is 152 Å². The van der Waals surface area contributed by atoms with E-state index < -0.39 is 0 Å². The molecule has 0 aliphatic heterocycles. The molecule has 126 valence electrons. The van der Waals surface area contributed by atoms with Crippen LogP contribution in [0.1, 0.15) is 11.1 Å². The Balaban J connectivity index is 1.65. The summed E-state index contributed by atoms with van der Waals surface area (Å²) in [5.74, 6) is 1.61. The second-order valence-corrected chi connectivity index (χ2v) is 5.88. The van der Waals surface area contributed by atoms with Crippen LogP contribution in [-0.4, -0.2) is 13.3 Å². The normalized spacial score (nSPS) is 10.8. The first-order valence-electron chi connectivity index (χ1n) is 7.88. The van der Waals surface area contributed by atoms with Crippen molar-refractivity contribution in [2.24, 2.45) is 4.99 Å². The van der Waals surface area contributed by atoms with Crippen LogP contribution in [0, 0.1) is 0 Å². The van der Waals surface area contributed by atoms with E-state index in [2.05, 4.69) is 4.99 Å².